The molecule has 0 fully saturated rings. The number of hydrogen-bond donors (Lipinski definition) is 1. The van der Waals surface area contributed by atoms with Crippen LogP contribution in [0.4, 0.5) is 5.69 Å². The highest BCUT2D eigenvalue weighted by Crippen LogP contribution is 2.38. The molecule has 0 saturated heterocycles. The third kappa shape index (κ3) is 3.82. The molecule has 1 N–H and O–H groups in total. The first kappa shape index (κ1) is 22.7. The molecular formula is C33H29N5. The fourth-order valence-electron chi connectivity index (χ4n) is 5.48. The predicted octanol–water partition coefficient (Wildman–Crippen LogP) is 7.76. The molecule has 1 aliphatic rings. The average Bonchev–Trinajstić information content (AvgIpc) is 3.42. The van der Waals surface area contributed by atoms with E-state index in [-0.39, 0.29) is 0 Å². The normalized spacial score (nSPS) is 13.1. The number of nitrogens with one attached hydrogen (secondary N) is 1. The van der Waals surface area contributed by atoms with Gasteiger partial charge in [-0.2, -0.15) is 0 Å². The number of hydrogen-bond acceptors (Lipinski definition) is 4. The molecule has 38 heavy (non-hydrogen) atoms. The van der Waals surface area contributed by atoms with E-state index in [1.54, 1.807) is 0 Å². The lowest BCUT2D eigenvalue weighted by Crippen LogP contribution is -2.13. The van der Waals surface area contributed by atoms with Crippen molar-refractivity contribution in [3.63, 3.8) is 0 Å². The minimum absolute atomic E-state index is 0.331. The van der Waals surface area contributed by atoms with E-state index in [1.807, 2.05) is 22.8 Å². The van der Waals surface area contributed by atoms with Crippen LogP contribution >= 0.6 is 0 Å². The van der Waals surface area contributed by atoms with Crippen molar-refractivity contribution in [2.45, 2.75) is 32.6 Å². The molecular weight excluding hydrogens is 466 g/mol. The molecule has 0 atom stereocenters. The summed E-state index contributed by atoms with van der Waals surface area (Å²) in [6.07, 6.45) is 4.22. The summed E-state index contributed by atoms with van der Waals surface area (Å²) in [6, 6.07) is 29.8. The van der Waals surface area contributed by atoms with Gasteiger partial charge in [0.15, 0.2) is 11.5 Å². The van der Waals surface area contributed by atoms with Gasteiger partial charge >= 0.3 is 0 Å². The van der Waals surface area contributed by atoms with Crippen LogP contribution in [0, 0.1) is 0 Å². The first-order valence-electron chi connectivity index (χ1n) is 13.4. The van der Waals surface area contributed by atoms with Crippen molar-refractivity contribution < 1.29 is 0 Å². The molecule has 0 amide bonds. The van der Waals surface area contributed by atoms with Gasteiger partial charge in [0.1, 0.15) is 0 Å². The molecule has 0 unspecified atom stereocenters. The summed E-state index contributed by atoms with van der Waals surface area (Å²) in [5.41, 5.74) is 11.1. The van der Waals surface area contributed by atoms with Gasteiger partial charge in [-0.3, -0.25) is 4.98 Å². The van der Waals surface area contributed by atoms with Crippen LogP contribution in [0.2, 0.25) is 0 Å². The molecule has 4 heterocycles. The lowest BCUT2D eigenvalue weighted by Gasteiger charge is -2.21. The van der Waals surface area contributed by atoms with Crippen LogP contribution < -0.4 is 5.32 Å². The Morgan fingerprint density at radius 1 is 0.789 bits per heavy atom. The minimum Gasteiger partial charge on any atom is -0.383 e. The lowest BCUT2D eigenvalue weighted by atomic mass is 9.93. The molecule has 3 aromatic heterocycles. The van der Waals surface area contributed by atoms with Gasteiger partial charge < -0.3 is 5.32 Å². The van der Waals surface area contributed by atoms with E-state index in [0.717, 1.165) is 64.3 Å². The Balaban J connectivity index is 1.38. The van der Waals surface area contributed by atoms with Gasteiger partial charge in [-0.05, 0) is 65.3 Å². The molecule has 1 aliphatic heterocycles. The van der Waals surface area contributed by atoms with Crippen LogP contribution in [0.5, 0.6) is 0 Å². The fraction of sp³-hybridized carbons (Fsp3) is 0.182. The number of anilines is 1. The Morgan fingerprint density at radius 2 is 1.63 bits per heavy atom. The summed E-state index contributed by atoms with van der Waals surface area (Å²) < 4.78 is 1.88. The molecule has 6 aromatic rings. The smallest absolute Gasteiger partial charge is 0.182 e. The minimum atomic E-state index is 0.331. The van der Waals surface area contributed by atoms with Gasteiger partial charge in [0.05, 0.1) is 11.2 Å². The molecule has 0 aliphatic carbocycles. The van der Waals surface area contributed by atoms with Crippen molar-refractivity contribution in [3.8, 4) is 33.6 Å². The Hall–Kier alpha value is -4.51. The fourth-order valence-corrected chi connectivity index (χ4v) is 5.48. The standard InChI is InChI=1S/C33H29N5/c1-21(2)29-20-28(27-16-15-23-13-7-17-34-30(23)31(27)35-29)24-11-6-12-25(19-24)32-36-33-26(14-8-18-38(33)37-32)22-9-4-3-5-10-22/h3-6,8-12,14-16,18-21,34H,7,13,17H2,1-2H3. The SMILES string of the molecule is CC(C)c1cc(-c2cccc(-c3nc4c(-c5ccccc5)cccn4n3)c2)c2ccc3c(c2n1)NCCC3. The number of benzene rings is 3. The van der Waals surface area contributed by atoms with Gasteiger partial charge in [-0.25, -0.2) is 9.50 Å². The first-order chi connectivity index (χ1) is 18.7. The monoisotopic (exact) mass is 495 g/mol. The van der Waals surface area contributed by atoms with Crippen molar-refractivity contribution in [3.05, 3.63) is 102 Å². The second kappa shape index (κ2) is 9.10. The van der Waals surface area contributed by atoms with Crippen molar-refractivity contribution in [2.24, 2.45) is 0 Å². The largest absolute Gasteiger partial charge is 0.383 e. The highest BCUT2D eigenvalue weighted by atomic mass is 15.3. The molecule has 7 rings (SSSR count). The second-order valence-electron chi connectivity index (χ2n) is 10.3. The van der Waals surface area contributed by atoms with E-state index in [2.05, 4.69) is 92.0 Å². The van der Waals surface area contributed by atoms with Crippen LogP contribution in [0.15, 0.2) is 91.1 Å². The van der Waals surface area contributed by atoms with Crippen LogP contribution in [-0.2, 0) is 6.42 Å². The van der Waals surface area contributed by atoms with E-state index >= 15 is 0 Å². The maximum Gasteiger partial charge on any atom is 0.182 e. The molecule has 5 nitrogen and oxygen atoms in total. The zero-order valence-corrected chi connectivity index (χ0v) is 21.6. The Kier molecular flexibility index (Phi) is 5.43. The first-order valence-corrected chi connectivity index (χ1v) is 13.4. The highest BCUT2D eigenvalue weighted by Gasteiger charge is 2.18. The molecule has 0 bridgehead atoms. The maximum absolute atomic E-state index is 5.13. The van der Waals surface area contributed by atoms with E-state index in [1.165, 1.54) is 22.2 Å². The number of fused-ring (bicyclic) bond motifs is 4. The number of aryl methyl sites for hydroxylation is 1. The van der Waals surface area contributed by atoms with Crippen LogP contribution in [-0.4, -0.2) is 26.1 Å². The number of rotatable bonds is 4. The van der Waals surface area contributed by atoms with Gasteiger partial charge in [-0.1, -0.05) is 74.5 Å². The Labute approximate surface area is 222 Å². The van der Waals surface area contributed by atoms with Gasteiger partial charge in [-0.15, -0.1) is 5.10 Å². The summed E-state index contributed by atoms with van der Waals surface area (Å²) in [6.45, 7) is 5.42. The molecule has 5 heteroatoms. The summed E-state index contributed by atoms with van der Waals surface area (Å²) in [4.78, 5) is 10.1. The van der Waals surface area contributed by atoms with E-state index in [4.69, 9.17) is 15.1 Å². The molecule has 3 aromatic carbocycles. The van der Waals surface area contributed by atoms with Crippen molar-refractivity contribution in [2.75, 3.05) is 11.9 Å². The summed E-state index contributed by atoms with van der Waals surface area (Å²) in [5.74, 6) is 1.05. The quantitative estimate of drug-likeness (QED) is 0.271. The molecule has 186 valence electrons. The average molecular weight is 496 g/mol. The predicted molar refractivity (Wildman–Crippen MR) is 155 cm³/mol. The zero-order chi connectivity index (χ0) is 25.6. The van der Waals surface area contributed by atoms with Crippen LogP contribution in [0.25, 0.3) is 50.2 Å². The second-order valence-corrected chi connectivity index (χ2v) is 10.3. The number of aromatic nitrogens is 4. The van der Waals surface area contributed by atoms with Crippen molar-refractivity contribution >= 4 is 22.2 Å². The Bertz CT molecular complexity index is 1800. The summed E-state index contributed by atoms with van der Waals surface area (Å²) >= 11 is 0. The molecule has 0 spiro atoms. The molecule has 0 saturated carbocycles. The van der Waals surface area contributed by atoms with E-state index < -0.39 is 0 Å². The summed E-state index contributed by atoms with van der Waals surface area (Å²) in [5, 5.41) is 9.66. The zero-order valence-electron chi connectivity index (χ0n) is 21.6. The number of nitrogens with zero attached hydrogens (tertiary/aromatic N) is 4. The lowest BCUT2D eigenvalue weighted by molar-refractivity contribution is 0.821. The Morgan fingerprint density at radius 3 is 2.50 bits per heavy atom. The third-order valence-electron chi connectivity index (χ3n) is 7.48. The topological polar surface area (TPSA) is 55.1 Å². The van der Waals surface area contributed by atoms with Crippen LogP contribution in [0.3, 0.4) is 0 Å². The summed E-state index contributed by atoms with van der Waals surface area (Å²) in [7, 11) is 0. The third-order valence-corrected chi connectivity index (χ3v) is 7.48. The van der Waals surface area contributed by atoms with Gasteiger partial charge in [0.25, 0.3) is 0 Å². The maximum atomic E-state index is 5.13. The van der Waals surface area contributed by atoms with Gasteiger partial charge in [0, 0.05) is 34.9 Å². The van der Waals surface area contributed by atoms with E-state index in [0.29, 0.717) is 5.92 Å². The highest BCUT2D eigenvalue weighted by molar-refractivity contribution is 6.02. The number of pyridine rings is 2. The van der Waals surface area contributed by atoms with E-state index in [9.17, 15) is 0 Å². The van der Waals surface area contributed by atoms with Gasteiger partial charge in [0.2, 0.25) is 0 Å². The van der Waals surface area contributed by atoms with Crippen LogP contribution in [0.1, 0.15) is 37.4 Å². The molecule has 0 radical (unpaired) electrons. The van der Waals surface area contributed by atoms with Crippen molar-refractivity contribution in [1.29, 1.82) is 0 Å². The van der Waals surface area contributed by atoms with Crippen molar-refractivity contribution in [1.82, 2.24) is 19.6 Å².